The third kappa shape index (κ3) is 4.16. The Bertz CT molecular complexity index is 376. The molecule has 0 bridgehead atoms. The van der Waals surface area contributed by atoms with E-state index in [0.717, 1.165) is 24.3 Å². The van der Waals surface area contributed by atoms with Gasteiger partial charge in [0.15, 0.2) is 0 Å². The quantitative estimate of drug-likeness (QED) is 0.572. The molecule has 0 aliphatic carbocycles. The summed E-state index contributed by atoms with van der Waals surface area (Å²) in [6, 6.07) is 7.80. The summed E-state index contributed by atoms with van der Waals surface area (Å²) in [6.45, 7) is 5.07. The number of halogens is 1. The number of ether oxygens (including phenoxy) is 1. The average molecular weight is 237 g/mol. The van der Waals surface area contributed by atoms with Crippen molar-refractivity contribution < 1.29 is 4.74 Å². The Morgan fingerprint density at radius 2 is 2.12 bits per heavy atom. The molecule has 16 heavy (non-hydrogen) atoms. The fourth-order valence-corrected chi connectivity index (χ4v) is 1.24. The van der Waals surface area contributed by atoms with Crippen molar-refractivity contribution in [3.63, 3.8) is 0 Å². The van der Waals surface area contributed by atoms with Crippen molar-refractivity contribution in [3.05, 3.63) is 29.8 Å². The number of para-hydroxylation sites is 1. The van der Waals surface area contributed by atoms with Crippen molar-refractivity contribution in [1.29, 1.82) is 0 Å². The lowest BCUT2D eigenvalue weighted by molar-refractivity contribution is 0.256. The highest BCUT2D eigenvalue weighted by Gasteiger charge is 2.03. The van der Waals surface area contributed by atoms with Gasteiger partial charge in [-0.15, -0.1) is 11.6 Å². The van der Waals surface area contributed by atoms with Crippen LogP contribution in [0.3, 0.4) is 0 Å². The highest BCUT2D eigenvalue weighted by molar-refractivity contribution is 6.19. The van der Waals surface area contributed by atoms with Crippen LogP contribution in [-0.4, -0.2) is 12.5 Å². The van der Waals surface area contributed by atoms with Crippen molar-refractivity contribution in [2.75, 3.05) is 12.5 Å². The molecule has 1 aromatic carbocycles. The zero-order chi connectivity index (χ0) is 11.8. The standard InChI is InChI=1S/C14H17ClO/c1-3-12(2)11-16-14-9-5-4-7-13(14)8-6-10-15/h4-5,7,9,12H,3,10-11H2,1-2H3. The van der Waals surface area contributed by atoms with E-state index in [1.54, 1.807) is 0 Å². The molecular formula is C14H17ClO. The van der Waals surface area contributed by atoms with Gasteiger partial charge in [-0.1, -0.05) is 44.2 Å². The van der Waals surface area contributed by atoms with Crippen LogP contribution in [0, 0.1) is 17.8 Å². The molecule has 2 heteroatoms. The number of hydrogen-bond acceptors (Lipinski definition) is 1. The van der Waals surface area contributed by atoms with Gasteiger partial charge in [0, 0.05) is 0 Å². The van der Waals surface area contributed by atoms with Crippen molar-refractivity contribution in [3.8, 4) is 17.6 Å². The minimum Gasteiger partial charge on any atom is -0.492 e. The van der Waals surface area contributed by atoms with E-state index in [0.29, 0.717) is 11.8 Å². The van der Waals surface area contributed by atoms with Crippen LogP contribution in [0.2, 0.25) is 0 Å². The Morgan fingerprint density at radius 3 is 2.81 bits per heavy atom. The van der Waals surface area contributed by atoms with Gasteiger partial charge in [0.25, 0.3) is 0 Å². The lowest BCUT2D eigenvalue weighted by Gasteiger charge is -2.12. The second-order valence-corrected chi connectivity index (χ2v) is 4.02. The number of rotatable bonds is 4. The van der Waals surface area contributed by atoms with Gasteiger partial charge >= 0.3 is 0 Å². The molecule has 0 aliphatic heterocycles. The minimum atomic E-state index is 0.347. The first-order chi connectivity index (χ1) is 7.77. The van der Waals surface area contributed by atoms with Crippen LogP contribution >= 0.6 is 11.6 Å². The lowest BCUT2D eigenvalue weighted by atomic mass is 10.1. The first kappa shape index (κ1) is 12.9. The largest absolute Gasteiger partial charge is 0.492 e. The van der Waals surface area contributed by atoms with E-state index < -0.39 is 0 Å². The van der Waals surface area contributed by atoms with E-state index in [1.165, 1.54) is 0 Å². The maximum Gasteiger partial charge on any atom is 0.134 e. The molecule has 1 unspecified atom stereocenters. The van der Waals surface area contributed by atoms with Gasteiger partial charge in [0.2, 0.25) is 0 Å². The summed E-state index contributed by atoms with van der Waals surface area (Å²) >= 11 is 5.54. The second-order valence-electron chi connectivity index (χ2n) is 3.76. The summed E-state index contributed by atoms with van der Waals surface area (Å²) < 4.78 is 5.74. The average Bonchev–Trinajstić information content (AvgIpc) is 2.34. The van der Waals surface area contributed by atoms with Crippen LogP contribution in [0.25, 0.3) is 0 Å². The van der Waals surface area contributed by atoms with Gasteiger partial charge < -0.3 is 4.74 Å². The van der Waals surface area contributed by atoms with Crippen LogP contribution in [0.1, 0.15) is 25.8 Å². The van der Waals surface area contributed by atoms with Gasteiger partial charge in [0.05, 0.1) is 18.1 Å². The predicted molar refractivity (Wildman–Crippen MR) is 69.0 cm³/mol. The summed E-state index contributed by atoms with van der Waals surface area (Å²) in [6.07, 6.45) is 1.12. The highest BCUT2D eigenvalue weighted by Crippen LogP contribution is 2.17. The van der Waals surface area contributed by atoms with Gasteiger partial charge in [-0.25, -0.2) is 0 Å². The summed E-state index contributed by atoms with van der Waals surface area (Å²) in [5.74, 6) is 7.60. The van der Waals surface area contributed by atoms with E-state index in [1.807, 2.05) is 24.3 Å². The Balaban J connectivity index is 2.71. The van der Waals surface area contributed by atoms with Crippen molar-refractivity contribution in [2.45, 2.75) is 20.3 Å². The van der Waals surface area contributed by atoms with Crippen LogP contribution in [0.5, 0.6) is 5.75 Å². The molecule has 0 spiro atoms. The maximum atomic E-state index is 5.74. The molecule has 0 radical (unpaired) electrons. The molecule has 1 atom stereocenters. The fourth-order valence-electron chi connectivity index (χ4n) is 1.17. The van der Waals surface area contributed by atoms with Gasteiger partial charge in [-0.2, -0.15) is 0 Å². The molecule has 1 aromatic rings. The van der Waals surface area contributed by atoms with Crippen molar-refractivity contribution in [2.24, 2.45) is 5.92 Å². The van der Waals surface area contributed by atoms with Crippen LogP contribution in [-0.2, 0) is 0 Å². The normalized spacial score (nSPS) is 11.4. The van der Waals surface area contributed by atoms with Gasteiger partial charge in [-0.3, -0.25) is 0 Å². The third-order valence-electron chi connectivity index (χ3n) is 2.40. The maximum absolute atomic E-state index is 5.74. The first-order valence-corrected chi connectivity index (χ1v) is 6.08. The molecule has 0 heterocycles. The zero-order valence-corrected chi connectivity index (χ0v) is 10.6. The molecule has 1 nitrogen and oxygen atoms in total. The zero-order valence-electron chi connectivity index (χ0n) is 9.79. The summed E-state index contributed by atoms with van der Waals surface area (Å²) in [7, 11) is 0. The molecule has 0 saturated heterocycles. The number of alkyl halides is 1. The third-order valence-corrected chi connectivity index (χ3v) is 2.53. The molecular weight excluding hydrogens is 220 g/mol. The lowest BCUT2D eigenvalue weighted by Crippen LogP contribution is -2.07. The topological polar surface area (TPSA) is 9.23 Å². The Labute approximate surface area is 103 Å². The van der Waals surface area contributed by atoms with E-state index >= 15 is 0 Å². The van der Waals surface area contributed by atoms with E-state index in [4.69, 9.17) is 16.3 Å². The van der Waals surface area contributed by atoms with Crippen molar-refractivity contribution >= 4 is 11.6 Å². The molecule has 0 N–H and O–H groups in total. The first-order valence-electron chi connectivity index (χ1n) is 5.54. The monoisotopic (exact) mass is 236 g/mol. The molecule has 0 saturated carbocycles. The number of benzene rings is 1. The second kappa shape index (κ2) is 7.19. The fraction of sp³-hybridized carbons (Fsp3) is 0.429. The Morgan fingerprint density at radius 1 is 1.38 bits per heavy atom. The SMILES string of the molecule is CCC(C)COc1ccccc1C#CCCl. The van der Waals surface area contributed by atoms with E-state index in [-0.39, 0.29) is 0 Å². The van der Waals surface area contributed by atoms with Crippen LogP contribution < -0.4 is 4.74 Å². The molecule has 86 valence electrons. The molecule has 1 rings (SSSR count). The Kier molecular flexibility index (Phi) is 5.82. The molecule has 0 aromatic heterocycles. The molecule has 0 fully saturated rings. The van der Waals surface area contributed by atoms with E-state index in [9.17, 15) is 0 Å². The van der Waals surface area contributed by atoms with Gasteiger partial charge in [-0.05, 0) is 18.1 Å². The van der Waals surface area contributed by atoms with Gasteiger partial charge in [0.1, 0.15) is 5.75 Å². The highest BCUT2D eigenvalue weighted by atomic mass is 35.5. The summed E-state index contributed by atoms with van der Waals surface area (Å²) in [5, 5.41) is 0. The Hall–Kier alpha value is -1.13. The number of hydrogen-bond donors (Lipinski definition) is 0. The summed E-state index contributed by atoms with van der Waals surface area (Å²) in [5.41, 5.74) is 0.909. The van der Waals surface area contributed by atoms with Crippen LogP contribution in [0.4, 0.5) is 0 Å². The van der Waals surface area contributed by atoms with E-state index in [2.05, 4.69) is 25.7 Å². The predicted octanol–water partition coefficient (Wildman–Crippen LogP) is 3.70. The molecule has 0 aliphatic rings. The smallest absolute Gasteiger partial charge is 0.134 e. The summed E-state index contributed by atoms with van der Waals surface area (Å²) in [4.78, 5) is 0. The van der Waals surface area contributed by atoms with Crippen LogP contribution in [0.15, 0.2) is 24.3 Å². The molecule has 0 amide bonds. The minimum absolute atomic E-state index is 0.347. The van der Waals surface area contributed by atoms with Crippen molar-refractivity contribution in [1.82, 2.24) is 0 Å².